The molecule has 0 unspecified atom stereocenters. The Hall–Kier alpha value is -0.860. The van der Waals surface area contributed by atoms with Gasteiger partial charge in [-0.1, -0.05) is 36.8 Å². The molecule has 0 bridgehead atoms. The monoisotopic (exact) mass is 204 g/mol. The van der Waals surface area contributed by atoms with E-state index in [9.17, 15) is 0 Å². The maximum Gasteiger partial charge on any atom is 0.0224 e. The summed E-state index contributed by atoms with van der Waals surface area (Å²) >= 11 is 0. The van der Waals surface area contributed by atoms with Crippen molar-refractivity contribution in [3.05, 3.63) is 35.9 Å². The van der Waals surface area contributed by atoms with Crippen molar-refractivity contribution < 1.29 is 0 Å². The van der Waals surface area contributed by atoms with E-state index in [-0.39, 0.29) is 0 Å². The summed E-state index contributed by atoms with van der Waals surface area (Å²) in [5.74, 6) is 0. The van der Waals surface area contributed by atoms with Crippen LogP contribution in [0.5, 0.6) is 0 Å². The standard InChI is InChI=1S/C13H20N2/c1-14-12-8-5-9-13(12)15-10-11-6-3-2-4-7-11/h2-4,6-7,12-15H,5,8-10H2,1H3/t12-,13+/m0/s1. The molecule has 2 rings (SSSR count). The Labute approximate surface area is 92.1 Å². The molecular formula is C13H20N2. The summed E-state index contributed by atoms with van der Waals surface area (Å²) in [4.78, 5) is 0. The Balaban J connectivity index is 1.83. The van der Waals surface area contributed by atoms with E-state index in [2.05, 4.69) is 48.0 Å². The van der Waals surface area contributed by atoms with Crippen molar-refractivity contribution in [3.8, 4) is 0 Å². The summed E-state index contributed by atoms with van der Waals surface area (Å²) in [7, 11) is 2.06. The third-order valence-electron chi connectivity index (χ3n) is 3.30. The molecule has 2 N–H and O–H groups in total. The molecule has 1 aliphatic carbocycles. The Kier molecular flexibility index (Phi) is 3.75. The lowest BCUT2D eigenvalue weighted by Gasteiger charge is -2.20. The molecule has 15 heavy (non-hydrogen) atoms. The van der Waals surface area contributed by atoms with Gasteiger partial charge in [0.25, 0.3) is 0 Å². The van der Waals surface area contributed by atoms with Crippen molar-refractivity contribution in [3.63, 3.8) is 0 Å². The number of hydrogen-bond acceptors (Lipinski definition) is 2. The molecule has 2 nitrogen and oxygen atoms in total. The molecule has 1 fully saturated rings. The van der Waals surface area contributed by atoms with Gasteiger partial charge in [-0.25, -0.2) is 0 Å². The lowest BCUT2D eigenvalue weighted by Crippen LogP contribution is -2.42. The van der Waals surface area contributed by atoms with Crippen molar-refractivity contribution in [1.29, 1.82) is 0 Å². The topological polar surface area (TPSA) is 24.1 Å². The molecule has 1 saturated carbocycles. The number of hydrogen-bond donors (Lipinski definition) is 2. The van der Waals surface area contributed by atoms with E-state index in [1.165, 1.54) is 24.8 Å². The van der Waals surface area contributed by atoms with Crippen molar-refractivity contribution in [1.82, 2.24) is 10.6 Å². The van der Waals surface area contributed by atoms with Crippen LogP contribution in [-0.4, -0.2) is 19.1 Å². The van der Waals surface area contributed by atoms with Crippen molar-refractivity contribution in [2.24, 2.45) is 0 Å². The van der Waals surface area contributed by atoms with Gasteiger partial charge in [0.05, 0.1) is 0 Å². The predicted molar refractivity (Wildman–Crippen MR) is 63.8 cm³/mol. The second kappa shape index (κ2) is 5.29. The lowest BCUT2D eigenvalue weighted by molar-refractivity contribution is 0.430. The Morgan fingerprint density at radius 3 is 2.60 bits per heavy atom. The van der Waals surface area contributed by atoms with Gasteiger partial charge in [0, 0.05) is 18.6 Å². The van der Waals surface area contributed by atoms with Gasteiger partial charge in [0.2, 0.25) is 0 Å². The fourth-order valence-corrected chi connectivity index (χ4v) is 2.39. The van der Waals surface area contributed by atoms with E-state index < -0.39 is 0 Å². The average Bonchev–Trinajstić information content (AvgIpc) is 2.75. The fourth-order valence-electron chi connectivity index (χ4n) is 2.39. The highest BCUT2D eigenvalue weighted by Crippen LogP contribution is 2.19. The van der Waals surface area contributed by atoms with Crippen LogP contribution in [0.3, 0.4) is 0 Å². The minimum atomic E-state index is 0.648. The normalized spacial score (nSPS) is 25.7. The number of likely N-dealkylation sites (N-methyl/N-ethyl adjacent to an activating group) is 1. The SMILES string of the molecule is CN[C@H]1CCC[C@H]1NCc1ccccc1. The molecule has 0 spiro atoms. The van der Waals surface area contributed by atoms with Crippen molar-refractivity contribution in [2.75, 3.05) is 7.05 Å². The minimum absolute atomic E-state index is 0.648. The highest BCUT2D eigenvalue weighted by atomic mass is 15.0. The van der Waals surface area contributed by atoms with Gasteiger partial charge in [0.1, 0.15) is 0 Å². The molecule has 0 radical (unpaired) electrons. The van der Waals surface area contributed by atoms with E-state index in [4.69, 9.17) is 0 Å². The fraction of sp³-hybridized carbons (Fsp3) is 0.538. The van der Waals surface area contributed by atoms with Crippen molar-refractivity contribution >= 4 is 0 Å². The zero-order valence-corrected chi connectivity index (χ0v) is 9.37. The second-order valence-electron chi connectivity index (χ2n) is 4.30. The van der Waals surface area contributed by atoms with Crippen LogP contribution in [0.4, 0.5) is 0 Å². The summed E-state index contributed by atoms with van der Waals surface area (Å²) in [6.07, 6.45) is 3.96. The van der Waals surface area contributed by atoms with Crippen LogP contribution in [0.2, 0.25) is 0 Å². The lowest BCUT2D eigenvalue weighted by atomic mass is 10.1. The van der Waals surface area contributed by atoms with E-state index in [0.717, 1.165) is 6.54 Å². The third-order valence-corrected chi connectivity index (χ3v) is 3.30. The van der Waals surface area contributed by atoms with E-state index >= 15 is 0 Å². The first-order valence-corrected chi connectivity index (χ1v) is 5.84. The minimum Gasteiger partial charge on any atom is -0.315 e. The summed E-state index contributed by atoms with van der Waals surface area (Å²) in [5.41, 5.74) is 1.37. The van der Waals surface area contributed by atoms with Gasteiger partial charge < -0.3 is 10.6 Å². The molecule has 1 aromatic rings. The van der Waals surface area contributed by atoms with Crippen LogP contribution >= 0.6 is 0 Å². The molecule has 0 heterocycles. The Bertz CT molecular complexity index is 284. The highest BCUT2D eigenvalue weighted by molar-refractivity contribution is 5.14. The molecular weight excluding hydrogens is 184 g/mol. The van der Waals surface area contributed by atoms with Crippen LogP contribution < -0.4 is 10.6 Å². The molecule has 0 aromatic heterocycles. The first-order chi connectivity index (χ1) is 7.40. The van der Waals surface area contributed by atoms with Gasteiger partial charge in [-0.3, -0.25) is 0 Å². The van der Waals surface area contributed by atoms with E-state index in [1.54, 1.807) is 0 Å². The van der Waals surface area contributed by atoms with E-state index in [1.807, 2.05) is 0 Å². The number of nitrogens with one attached hydrogen (secondary N) is 2. The molecule has 1 aromatic carbocycles. The van der Waals surface area contributed by atoms with Gasteiger partial charge in [0.15, 0.2) is 0 Å². The van der Waals surface area contributed by atoms with Crippen LogP contribution in [0.1, 0.15) is 24.8 Å². The third kappa shape index (κ3) is 2.80. The van der Waals surface area contributed by atoms with Crippen LogP contribution in [-0.2, 0) is 6.54 Å². The molecule has 2 heteroatoms. The zero-order valence-electron chi connectivity index (χ0n) is 9.37. The van der Waals surface area contributed by atoms with E-state index in [0.29, 0.717) is 12.1 Å². The smallest absolute Gasteiger partial charge is 0.0224 e. The zero-order chi connectivity index (χ0) is 10.5. The molecule has 2 atom stereocenters. The van der Waals surface area contributed by atoms with Gasteiger partial charge in [-0.15, -0.1) is 0 Å². The molecule has 82 valence electrons. The average molecular weight is 204 g/mol. The molecule has 0 aliphatic heterocycles. The second-order valence-corrected chi connectivity index (χ2v) is 4.30. The molecule has 0 amide bonds. The molecule has 1 aliphatic rings. The molecule has 0 saturated heterocycles. The summed E-state index contributed by atoms with van der Waals surface area (Å²) < 4.78 is 0. The maximum atomic E-state index is 3.64. The Morgan fingerprint density at radius 1 is 1.13 bits per heavy atom. The van der Waals surface area contributed by atoms with Gasteiger partial charge >= 0.3 is 0 Å². The predicted octanol–water partition coefficient (Wildman–Crippen LogP) is 1.92. The van der Waals surface area contributed by atoms with Crippen LogP contribution in [0.25, 0.3) is 0 Å². The largest absolute Gasteiger partial charge is 0.315 e. The Morgan fingerprint density at radius 2 is 1.87 bits per heavy atom. The highest BCUT2D eigenvalue weighted by Gasteiger charge is 2.24. The first kappa shape index (κ1) is 10.7. The maximum absolute atomic E-state index is 3.64. The first-order valence-electron chi connectivity index (χ1n) is 5.84. The van der Waals surface area contributed by atoms with Crippen molar-refractivity contribution in [2.45, 2.75) is 37.9 Å². The quantitative estimate of drug-likeness (QED) is 0.783. The van der Waals surface area contributed by atoms with Crippen LogP contribution in [0.15, 0.2) is 30.3 Å². The summed E-state index contributed by atoms with van der Waals surface area (Å²) in [6.45, 7) is 0.990. The summed E-state index contributed by atoms with van der Waals surface area (Å²) in [5, 5.41) is 7.02. The number of benzene rings is 1. The summed E-state index contributed by atoms with van der Waals surface area (Å²) in [6, 6.07) is 11.9. The van der Waals surface area contributed by atoms with Gasteiger partial charge in [-0.2, -0.15) is 0 Å². The van der Waals surface area contributed by atoms with Gasteiger partial charge in [-0.05, 0) is 25.5 Å². The van der Waals surface area contributed by atoms with Crippen LogP contribution in [0, 0.1) is 0 Å². The number of rotatable bonds is 4.